The third-order valence-electron chi connectivity index (χ3n) is 4.07. The second-order valence-electron chi connectivity index (χ2n) is 6.45. The number of amides is 2. The van der Waals surface area contributed by atoms with Crippen LogP contribution < -0.4 is 15.4 Å². The van der Waals surface area contributed by atoms with E-state index < -0.39 is 12.1 Å². The molecule has 1 saturated carbocycles. The molecule has 4 rings (SSSR count). The van der Waals surface area contributed by atoms with Crippen LogP contribution in [0.2, 0.25) is 5.02 Å². The second-order valence-corrected chi connectivity index (χ2v) is 7.84. The van der Waals surface area contributed by atoms with Gasteiger partial charge in [-0.3, -0.25) is 9.59 Å². The van der Waals surface area contributed by atoms with Crippen LogP contribution in [0.5, 0.6) is 11.6 Å². The molecule has 0 aliphatic heterocycles. The number of nitrogens with zero attached hydrogens (tertiary/aromatic N) is 2. The minimum Gasteiger partial charge on any atom is -0.439 e. The minimum atomic E-state index is -5.05. The molecule has 7 nitrogen and oxygen atoms in total. The molecular formula is C18H12ClF3N4O3S. The van der Waals surface area contributed by atoms with Crippen LogP contribution in [0.25, 0.3) is 10.3 Å². The summed E-state index contributed by atoms with van der Waals surface area (Å²) in [6.07, 6.45) is -3.30. The maximum Gasteiger partial charge on any atom is 0.471 e. The van der Waals surface area contributed by atoms with Gasteiger partial charge in [-0.25, -0.2) is 9.97 Å². The van der Waals surface area contributed by atoms with Gasteiger partial charge in [0, 0.05) is 18.1 Å². The summed E-state index contributed by atoms with van der Waals surface area (Å²) in [5, 5.41) is 4.79. The number of hydrogen-bond acceptors (Lipinski definition) is 6. The molecule has 0 bridgehead atoms. The van der Waals surface area contributed by atoms with Gasteiger partial charge in [0.1, 0.15) is 16.1 Å². The lowest BCUT2D eigenvalue weighted by Crippen LogP contribution is -2.30. The van der Waals surface area contributed by atoms with Crippen LogP contribution in [-0.4, -0.2) is 28.0 Å². The molecule has 2 aromatic heterocycles. The van der Waals surface area contributed by atoms with E-state index in [-0.39, 0.29) is 34.2 Å². The van der Waals surface area contributed by atoms with Gasteiger partial charge in [-0.05, 0) is 31.0 Å². The molecule has 0 radical (unpaired) electrons. The van der Waals surface area contributed by atoms with Crippen molar-refractivity contribution >= 4 is 55.9 Å². The average Bonchev–Trinajstić information content (AvgIpc) is 3.45. The van der Waals surface area contributed by atoms with Gasteiger partial charge in [-0.15, -0.1) is 0 Å². The van der Waals surface area contributed by atoms with E-state index >= 15 is 0 Å². The third-order valence-corrected chi connectivity index (χ3v) is 5.28. The highest BCUT2D eigenvalue weighted by atomic mass is 35.5. The highest BCUT2D eigenvalue weighted by molar-refractivity contribution is 7.21. The number of hydrogen-bond donors (Lipinski definition) is 2. The first-order chi connectivity index (χ1) is 14.2. The lowest BCUT2D eigenvalue weighted by Gasteiger charge is -2.11. The predicted molar refractivity (Wildman–Crippen MR) is 105 cm³/mol. The van der Waals surface area contributed by atoms with E-state index in [1.807, 2.05) is 0 Å². The van der Waals surface area contributed by atoms with Gasteiger partial charge < -0.3 is 15.4 Å². The Morgan fingerprint density at radius 2 is 1.90 bits per heavy atom. The molecular weight excluding hydrogens is 445 g/mol. The van der Waals surface area contributed by atoms with E-state index in [0.29, 0.717) is 15.5 Å². The van der Waals surface area contributed by atoms with E-state index in [2.05, 4.69) is 15.3 Å². The number of carbonyl (C=O) groups is 2. The van der Waals surface area contributed by atoms with Crippen molar-refractivity contribution in [2.45, 2.75) is 19.0 Å². The Balaban J connectivity index is 1.51. The molecule has 156 valence electrons. The minimum absolute atomic E-state index is 0.0424. The Kier molecular flexibility index (Phi) is 5.24. The van der Waals surface area contributed by atoms with Gasteiger partial charge in [0.05, 0.1) is 10.7 Å². The fourth-order valence-electron chi connectivity index (χ4n) is 2.44. The van der Waals surface area contributed by atoms with Crippen molar-refractivity contribution < 1.29 is 27.5 Å². The summed E-state index contributed by atoms with van der Waals surface area (Å²) in [6, 6.07) is 7.04. The molecule has 1 fully saturated rings. The summed E-state index contributed by atoms with van der Waals surface area (Å²) in [5.41, 5.74) is 0.313. The molecule has 3 aromatic rings. The standard InChI is InChI=1S/C18H12ClF3N4O3S/c19-10-4-3-9(7-12(10)23-16(28)18(20,21)22)29-13-6-5-11-15(25-13)30-17(24-11)26-14(27)8-1-2-8/h3-8H,1-2H2,(H,23,28)(H,24,26,27). The average molecular weight is 457 g/mol. The molecule has 0 saturated heterocycles. The van der Waals surface area contributed by atoms with Crippen LogP contribution in [0.15, 0.2) is 30.3 Å². The summed E-state index contributed by atoms with van der Waals surface area (Å²) in [7, 11) is 0. The number of carbonyl (C=O) groups excluding carboxylic acids is 2. The van der Waals surface area contributed by atoms with Crippen LogP contribution >= 0.6 is 22.9 Å². The van der Waals surface area contributed by atoms with Crippen LogP contribution in [0, 0.1) is 5.92 Å². The number of anilines is 2. The van der Waals surface area contributed by atoms with Gasteiger partial charge in [0.15, 0.2) is 5.13 Å². The normalized spacial score (nSPS) is 13.9. The molecule has 30 heavy (non-hydrogen) atoms. The SMILES string of the molecule is O=C(Nc1nc2ccc(Oc3ccc(Cl)c(NC(=O)C(F)(F)F)c3)nc2s1)C1CC1. The van der Waals surface area contributed by atoms with Gasteiger partial charge in [-0.1, -0.05) is 22.9 Å². The molecule has 1 aliphatic carbocycles. The number of rotatable bonds is 5. The number of ether oxygens (including phenoxy) is 1. The van der Waals surface area contributed by atoms with Crippen molar-refractivity contribution in [1.29, 1.82) is 0 Å². The van der Waals surface area contributed by atoms with Gasteiger partial charge in [0.25, 0.3) is 0 Å². The maximum absolute atomic E-state index is 12.5. The van der Waals surface area contributed by atoms with Crippen molar-refractivity contribution in [2.75, 3.05) is 10.6 Å². The van der Waals surface area contributed by atoms with Crippen LogP contribution in [0.3, 0.4) is 0 Å². The van der Waals surface area contributed by atoms with Gasteiger partial charge in [0.2, 0.25) is 11.8 Å². The second kappa shape index (κ2) is 7.73. The Bertz CT molecular complexity index is 1150. The number of pyridine rings is 1. The van der Waals surface area contributed by atoms with Crippen molar-refractivity contribution in [3.05, 3.63) is 35.4 Å². The molecule has 0 atom stereocenters. The predicted octanol–water partition coefficient (Wildman–Crippen LogP) is 4.99. The van der Waals surface area contributed by atoms with Crippen molar-refractivity contribution in [3.8, 4) is 11.6 Å². The maximum atomic E-state index is 12.5. The van der Waals surface area contributed by atoms with Crippen molar-refractivity contribution in [3.63, 3.8) is 0 Å². The van der Waals surface area contributed by atoms with Crippen molar-refractivity contribution in [2.24, 2.45) is 5.92 Å². The summed E-state index contributed by atoms with van der Waals surface area (Å²) < 4.78 is 43.0. The Labute approximate surface area is 176 Å². The largest absolute Gasteiger partial charge is 0.471 e. The highest BCUT2D eigenvalue weighted by Crippen LogP contribution is 2.34. The fraction of sp³-hybridized carbons (Fsp3) is 0.222. The van der Waals surface area contributed by atoms with Crippen LogP contribution in [-0.2, 0) is 9.59 Å². The molecule has 0 unspecified atom stereocenters. The van der Waals surface area contributed by atoms with E-state index in [9.17, 15) is 22.8 Å². The zero-order valence-electron chi connectivity index (χ0n) is 14.9. The topological polar surface area (TPSA) is 93.2 Å². The Morgan fingerprint density at radius 1 is 1.13 bits per heavy atom. The number of alkyl halides is 3. The van der Waals surface area contributed by atoms with E-state index in [0.717, 1.165) is 18.9 Å². The van der Waals surface area contributed by atoms with Gasteiger partial charge in [-0.2, -0.15) is 13.2 Å². The van der Waals surface area contributed by atoms with E-state index in [1.54, 1.807) is 11.4 Å². The smallest absolute Gasteiger partial charge is 0.439 e. The summed E-state index contributed by atoms with van der Waals surface area (Å²) in [4.78, 5) is 32.1. The first-order valence-electron chi connectivity index (χ1n) is 8.63. The number of fused-ring (bicyclic) bond motifs is 1. The first kappa shape index (κ1) is 20.4. The summed E-state index contributed by atoms with van der Waals surface area (Å²) >= 11 is 7.02. The quantitative estimate of drug-likeness (QED) is 0.564. The van der Waals surface area contributed by atoms with Crippen molar-refractivity contribution in [1.82, 2.24) is 9.97 Å². The Morgan fingerprint density at radius 3 is 2.60 bits per heavy atom. The molecule has 1 aromatic carbocycles. The Hall–Kier alpha value is -2.92. The zero-order chi connectivity index (χ0) is 21.5. The summed E-state index contributed by atoms with van der Waals surface area (Å²) in [5.74, 6) is -1.90. The lowest BCUT2D eigenvalue weighted by molar-refractivity contribution is -0.167. The molecule has 2 heterocycles. The number of halogens is 4. The first-order valence-corrected chi connectivity index (χ1v) is 9.82. The van der Waals surface area contributed by atoms with Crippen LogP contribution in [0.1, 0.15) is 12.8 Å². The number of thiazole rings is 1. The monoisotopic (exact) mass is 456 g/mol. The van der Waals surface area contributed by atoms with Gasteiger partial charge >= 0.3 is 12.1 Å². The lowest BCUT2D eigenvalue weighted by atomic mass is 10.3. The number of benzene rings is 1. The van der Waals surface area contributed by atoms with Crippen LogP contribution in [0.4, 0.5) is 24.0 Å². The molecule has 12 heteroatoms. The van der Waals surface area contributed by atoms with E-state index in [1.165, 1.54) is 29.5 Å². The number of nitrogens with one attached hydrogen (secondary N) is 2. The number of aromatic nitrogens is 2. The molecule has 2 amide bonds. The zero-order valence-corrected chi connectivity index (χ0v) is 16.5. The molecule has 1 aliphatic rings. The summed E-state index contributed by atoms with van der Waals surface area (Å²) in [6.45, 7) is 0. The third kappa shape index (κ3) is 4.62. The highest BCUT2D eigenvalue weighted by Gasteiger charge is 2.39. The fourth-order valence-corrected chi connectivity index (χ4v) is 3.44. The van der Waals surface area contributed by atoms with E-state index in [4.69, 9.17) is 16.3 Å². The molecule has 2 N–H and O–H groups in total. The molecule has 0 spiro atoms.